The van der Waals surface area contributed by atoms with E-state index in [1.54, 1.807) is 6.20 Å². The Morgan fingerprint density at radius 1 is 1.12 bits per heavy atom. The maximum absolute atomic E-state index is 5.60. The molecule has 3 N–H and O–H groups in total. The molecular formula is C14H17N3. The summed E-state index contributed by atoms with van der Waals surface area (Å²) in [6.07, 6.45) is 5.63. The lowest BCUT2D eigenvalue weighted by Gasteiger charge is -2.16. The van der Waals surface area contributed by atoms with E-state index in [4.69, 9.17) is 5.84 Å². The first-order valence-corrected chi connectivity index (χ1v) is 5.80. The number of benzene rings is 1. The zero-order valence-corrected chi connectivity index (χ0v) is 9.71. The van der Waals surface area contributed by atoms with Gasteiger partial charge in [-0.3, -0.25) is 16.3 Å². The van der Waals surface area contributed by atoms with Gasteiger partial charge >= 0.3 is 0 Å². The third-order valence-electron chi connectivity index (χ3n) is 2.85. The second kappa shape index (κ2) is 6.13. The van der Waals surface area contributed by atoms with Crippen LogP contribution in [0.25, 0.3) is 0 Å². The molecule has 0 saturated heterocycles. The van der Waals surface area contributed by atoms with Gasteiger partial charge in [-0.2, -0.15) is 0 Å². The van der Waals surface area contributed by atoms with Crippen LogP contribution in [0.2, 0.25) is 0 Å². The number of hydrazine groups is 1. The van der Waals surface area contributed by atoms with Crippen molar-refractivity contribution >= 4 is 0 Å². The van der Waals surface area contributed by atoms with E-state index in [0.717, 1.165) is 12.8 Å². The van der Waals surface area contributed by atoms with E-state index < -0.39 is 0 Å². The molecule has 0 aliphatic heterocycles. The van der Waals surface area contributed by atoms with E-state index in [1.165, 1.54) is 11.1 Å². The van der Waals surface area contributed by atoms with E-state index in [9.17, 15) is 0 Å². The van der Waals surface area contributed by atoms with E-state index in [1.807, 2.05) is 30.5 Å². The van der Waals surface area contributed by atoms with Crippen LogP contribution in [0, 0.1) is 0 Å². The summed E-state index contributed by atoms with van der Waals surface area (Å²) in [5, 5.41) is 0. The number of aromatic nitrogens is 1. The molecule has 0 radical (unpaired) electrons. The van der Waals surface area contributed by atoms with Gasteiger partial charge < -0.3 is 0 Å². The molecule has 0 saturated carbocycles. The number of hydrogen-bond acceptors (Lipinski definition) is 3. The van der Waals surface area contributed by atoms with E-state index in [2.05, 4.69) is 28.6 Å². The van der Waals surface area contributed by atoms with Gasteiger partial charge in [0.2, 0.25) is 0 Å². The highest BCUT2D eigenvalue weighted by Gasteiger charge is 2.08. The topological polar surface area (TPSA) is 50.9 Å². The molecule has 3 nitrogen and oxygen atoms in total. The van der Waals surface area contributed by atoms with Crippen molar-refractivity contribution in [3.05, 3.63) is 66.0 Å². The maximum atomic E-state index is 5.60. The van der Waals surface area contributed by atoms with Crippen molar-refractivity contribution in [3.8, 4) is 0 Å². The molecule has 2 aromatic rings. The van der Waals surface area contributed by atoms with Crippen molar-refractivity contribution in [1.82, 2.24) is 10.4 Å². The van der Waals surface area contributed by atoms with Crippen LogP contribution < -0.4 is 11.3 Å². The number of pyridine rings is 1. The monoisotopic (exact) mass is 227 g/mol. The number of hydrogen-bond donors (Lipinski definition) is 2. The Hall–Kier alpha value is -1.71. The Bertz CT molecular complexity index is 428. The largest absolute Gasteiger partial charge is 0.271 e. The van der Waals surface area contributed by atoms with Crippen LogP contribution in [-0.2, 0) is 6.42 Å². The minimum atomic E-state index is 0.191. The molecule has 1 aromatic heterocycles. The first-order valence-electron chi connectivity index (χ1n) is 5.80. The van der Waals surface area contributed by atoms with E-state index in [-0.39, 0.29) is 6.04 Å². The summed E-state index contributed by atoms with van der Waals surface area (Å²) >= 11 is 0. The molecular weight excluding hydrogens is 210 g/mol. The van der Waals surface area contributed by atoms with Crippen molar-refractivity contribution < 1.29 is 0 Å². The quantitative estimate of drug-likeness (QED) is 0.608. The summed E-state index contributed by atoms with van der Waals surface area (Å²) in [7, 11) is 0. The van der Waals surface area contributed by atoms with Crippen LogP contribution in [0.15, 0.2) is 54.9 Å². The van der Waals surface area contributed by atoms with Gasteiger partial charge in [-0.15, -0.1) is 0 Å². The Morgan fingerprint density at radius 3 is 2.59 bits per heavy atom. The molecule has 0 aliphatic carbocycles. The van der Waals surface area contributed by atoms with Crippen LogP contribution in [0.1, 0.15) is 23.6 Å². The third-order valence-corrected chi connectivity index (χ3v) is 2.85. The summed E-state index contributed by atoms with van der Waals surface area (Å²) < 4.78 is 0. The lowest BCUT2D eigenvalue weighted by atomic mass is 10.0. The van der Waals surface area contributed by atoms with Crippen LogP contribution in [0.3, 0.4) is 0 Å². The fourth-order valence-electron chi connectivity index (χ4n) is 1.89. The van der Waals surface area contributed by atoms with E-state index in [0.29, 0.717) is 0 Å². The van der Waals surface area contributed by atoms with Crippen molar-refractivity contribution in [2.45, 2.75) is 18.9 Å². The second-order valence-corrected chi connectivity index (χ2v) is 4.03. The Morgan fingerprint density at radius 2 is 1.94 bits per heavy atom. The van der Waals surface area contributed by atoms with Crippen LogP contribution in [-0.4, -0.2) is 4.98 Å². The number of nitrogens with one attached hydrogen (secondary N) is 1. The van der Waals surface area contributed by atoms with E-state index >= 15 is 0 Å². The average Bonchev–Trinajstić information content (AvgIpc) is 2.42. The van der Waals surface area contributed by atoms with Gasteiger partial charge in [0, 0.05) is 18.4 Å². The van der Waals surface area contributed by atoms with Crippen molar-refractivity contribution in [2.24, 2.45) is 5.84 Å². The number of aryl methyl sites for hydroxylation is 1. The third kappa shape index (κ3) is 3.37. The lowest BCUT2D eigenvalue weighted by molar-refractivity contribution is 0.516. The van der Waals surface area contributed by atoms with Gasteiger partial charge in [0.1, 0.15) is 0 Å². The van der Waals surface area contributed by atoms with Crippen LogP contribution >= 0.6 is 0 Å². The zero-order chi connectivity index (χ0) is 11.9. The molecule has 1 heterocycles. The molecule has 1 aromatic carbocycles. The molecule has 0 fully saturated rings. The molecule has 0 spiro atoms. The van der Waals surface area contributed by atoms with Crippen molar-refractivity contribution in [3.63, 3.8) is 0 Å². The molecule has 0 bridgehead atoms. The van der Waals surface area contributed by atoms with Gasteiger partial charge in [-0.05, 0) is 30.0 Å². The Labute approximate surface area is 102 Å². The minimum absolute atomic E-state index is 0.191. The van der Waals surface area contributed by atoms with Gasteiger partial charge in [-0.1, -0.05) is 36.4 Å². The van der Waals surface area contributed by atoms with Gasteiger partial charge in [0.15, 0.2) is 0 Å². The smallest absolute Gasteiger partial charge is 0.0463 e. The summed E-state index contributed by atoms with van der Waals surface area (Å²) in [4.78, 5) is 4.11. The van der Waals surface area contributed by atoms with Crippen molar-refractivity contribution in [1.29, 1.82) is 0 Å². The second-order valence-electron chi connectivity index (χ2n) is 4.03. The SMILES string of the molecule is NNC(CCc1cccnc1)c1ccccc1. The fourth-order valence-corrected chi connectivity index (χ4v) is 1.89. The molecule has 88 valence electrons. The van der Waals surface area contributed by atoms with Gasteiger partial charge in [-0.25, -0.2) is 0 Å². The number of nitrogens with zero attached hydrogens (tertiary/aromatic N) is 1. The van der Waals surface area contributed by atoms with Gasteiger partial charge in [0.05, 0.1) is 0 Å². The Balaban J connectivity index is 1.97. The predicted octanol–water partition coefficient (Wildman–Crippen LogP) is 2.22. The highest BCUT2D eigenvalue weighted by Crippen LogP contribution is 2.17. The van der Waals surface area contributed by atoms with Crippen LogP contribution in [0.5, 0.6) is 0 Å². The number of nitrogens with two attached hydrogens (primary N) is 1. The summed E-state index contributed by atoms with van der Waals surface area (Å²) in [6, 6.07) is 14.5. The molecule has 0 aliphatic rings. The zero-order valence-electron chi connectivity index (χ0n) is 9.71. The molecule has 0 amide bonds. The average molecular weight is 227 g/mol. The fraction of sp³-hybridized carbons (Fsp3) is 0.214. The standard InChI is InChI=1S/C14H17N3/c15-17-14(13-6-2-1-3-7-13)9-8-12-5-4-10-16-11-12/h1-7,10-11,14,17H,8-9,15H2. The summed E-state index contributed by atoms with van der Waals surface area (Å²) in [5.41, 5.74) is 5.33. The lowest BCUT2D eigenvalue weighted by Crippen LogP contribution is -2.28. The molecule has 3 heteroatoms. The maximum Gasteiger partial charge on any atom is 0.0463 e. The van der Waals surface area contributed by atoms with Crippen LogP contribution in [0.4, 0.5) is 0 Å². The minimum Gasteiger partial charge on any atom is -0.271 e. The molecule has 1 unspecified atom stereocenters. The molecule has 17 heavy (non-hydrogen) atoms. The molecule has 1 atom stereocenters. The van der Waals surface area contributed by atoms with Crippen molar-refractivity contribution in [2.75, 3.05) is 0 Å². The molecule has 2 rings (SSSR count). The first kappa shape index (κ1) is 11.8. The first-order chi connectivity index (χ1) is 8.40. The summed E-state index contributed by atoms with van der Waals surface area (Å²) in [5.74, 6) is 5.60. The highest BCUT2D eigenvalue weighted by molar-refractivity contribution is 5.19. The highest BCUT2D eigenvalue weighted by atomic mass is 15.2. The predicted molar refractivity (Wildman–Crippen MR) is 69.1 cm³/mol. The normalized spacial score (nSPS) is 12.3. The van der Waals surface area contributed by atoms with Gasteiger partial charge in [0.25, 0.3) is 0 Å². The number of rotatable bonds is 5. The Kier molecular flexibility index (Phi) is 4.24. The summed E-state index contributed by atoms with van der Waals surface area (Å²) in [6.45, 7) is 0.